The number of aryl methyl sites for hydroxylation is 1. The van der Waals surface area contributed by atoms with Crippen molar-refractivity contribution in [1.29, 1.82) is 0 Å². The minimum Gasteiger partial charge on any atom is -0.459 e. The van der Waals surface area contributed by atoms with E-state index < -0.39 is 0 Å². The molecule has 2 rings (SSSR count). The van der Waals surface area contributed by atoms with Crippen LogP contribution in [0.3, 0.4) is 0 Å². The van der Waals surface area contributed by atoms with Gasteiger partial charge in [0.25, 0.3) is 0 Å². The minimum atomic E-state index is 0.251. The molecule has 2 aromatic rings. The molecule has 1 aromatic carbocycles. The number of nitrogens with one attached hydrogen (secondary N) is 1. The van der Waals surface area contributed by atoms with Crippen molar-refractivity contribution in [2.24, 2.45) is 0 Å². The number of benzene rings is 1. The van der Waals surface area contributed by atoms with Crippen LogP contribution < -0.4 is 5.32 Å². The zero-order valence-corrected chi connectivity index (χ0v) is 14.6. The number of halogens is 1. The largest absolute Gasteiger partial charge is 0.459 e. The second-order valence-corrected chi connectivity index (χ2v) is 6.71. The van der Waals surface area contributed by atoms with Crippen LogP contribution in [0.25, 0.3) is 11.0 Å². The van der Waals surface area contributed by atoms with E-state index in [1.807, 2.05) is 0 Å². The molecular formula is C17H24BrNO. The molecule has 1 heterocycles. The van der Waals surface area contributed by atoms with Crippen LogP contribution in [-0.2, 0) is 0 Å². The van der Waals surface area contributed by atoms with Crippen LogP contribution in [0.15, 0.2) is 21.0 Å². The van der Waals surface area contributed by atoms with E-state index in [4.69, 9.17) is 4.42 Å². The fourth-order valence-corrected chi connectivity index (χ4v) is 3.10. The van der Waals surface area contributed by atoms with Gasteiger partial charge in [0, 0.05) is 15.4 Å². The second-order valence-electron chi connectivity index (χ2n) is 5.79. The highest BCUT2D eigenvalue weighted by atomic mass is 79.9. The first-order valence-corrected chi connectivity index (χ1v) is 8.20. The number of hydrogen-bond acceptors (Lipinski definition) is 2. The van der Waals surface area contributed by atoms with Crippen molar-refractivity contribution in [3.05, 3.63) is 33.5 Å². The van der Waals surface area contributed by atoms with Crippen molar-refractivity contribution in [2.45, 2.75) is 53.0 Å². The average molecular weight is 338 g/mol. The van der Waals surface area contributed by atoms with Gasteiger partial charge in [0.15, 0.2) is 0 Å². The lowest BCUT2D eigenvalue weighted by Crippen LogP contribution is -2.19. The summed E-state index contributed by atoms with van der Waals surface area (Å²) in [6.07, 6.45) is 1.13. The fraction of sp³-hybridized carbons (Fsp3) is 0.529. The Balaban J connectivity index is 2.54. The van der Waals surface area contributed by atoms with Crippen LogP contribution in [0.1, 0.15) is 63.0 Å². The van der Waals surface area contributed by atoms with Gasteiger partial charge in [-0.3, -0.25) is 0 Å². The minimum absolute atomic E-state index is 0.251. The Morgan fingerprint density at radius 1 is 1.25 bits per heavy atom. The van der Waals surface area contributed by atoms with Gasteiger partial charge in [0.2, 0.25) is 0 Å². The molecule has 0 saturated carbocycles. The summed E-state index contributed by atoms with van der Waals surface area (Å²) in [5.41, 5.74) is 3.56. The van der Waals surface area contributed by atoms with Gasteiger partial charge in [0.05, 0.1) is 6.04 Å². The third-order valence-electron chi connectivity index (χ3n) is 3.78. The van der Waals surface area contributed by atoms with E-state index in [9.17, 15) is 0 Å². The Morgan fingerprint density at radius 2 is 1.95 bits per heavy atom. The highest BCUT2D eigenvalue weighted by Crippen LogP contribution is 2.36. The average Bonchev–Trinajstić information content (AvgIpc) is 2.72. The molecule has 0 spiro atoms. The van der Waals surface area contributed by atoms with Crippen molar-refractivity contribution >= 4 is 26.9 Å². The molecule has 2 nitrogen and oxygen atoms in total. The summed E-state index contributed by atoms with van der Waals surface area (Å²) in [5.74, 6) is 1.51. The Kier molecular flexibility index (Phi) is 4.92. The van der Waals surface area contributed by atoms with E-state index in [2.05, 4.69) is 68.0 Å². The van der Waals surface area contributed by atoms with Gasteiger partial charge in [-0.1, -0.05) is 36.7 Å². The lowest BCUT2D eigenvalue weighted by Gasteiger charge is -2.11. The monoisotopic (exact) mass is 337 g/mol. The van der Waals surface area contributed by atoms with Crippen LogP contribution in [-0.4, -0.2) is 6.54 Å². The van der Waals surface area contributed by atoms with E-state index >= 15 is 0 Å². The third-order valence-corrected chi connectivity index (χ3v) is 4.24. The van der Waals surface area contributed by atoms with E-state index in [1.165, 1.54) is 16.5 Å². The molecule has 110 valence electrons. The lowest BCUT2D eigenvalue weighted by atomic mass is 9.99. The predicted molar refractivity (Wildman–Crippen MR) is 89.4 cm³/mol. The van der Waals surface area contributed by atoms with Gasteiger partial charge < -0.3 is 9.73 Å². The molecule has 0 bridgehead atoms. The molecule has 1 unspecified atom stereocenters. The molecule has 0 amide bonds. The Morgan fingerprint density at radius 3 is 2.55 bits per heavy atom. The molecule has 0 saturated heterocycles. The first kappa shape index (κ1) is 15.6. The first-order valence-electron chi connectivity index (χ1n) is 7.41. The zero-order valence-electron chi connectivity index (χ0n) is 13.0. The molecule has 0 aliphatic rings. The Labute approximate surface area is 130 Å². The van der Waals surface area contributed by atoms with Crippen molar-refractivity contribution in [2.75, 3.05) is 6.54 Å². The smallest absolute Gasteiger partial charge is 0.138 e. The van der Waals surface area contributed by atoms with Crippen molar-refractivity contribution in [3.8, 4) is 0 Å². The van der Waals surface area contributed by atoms with Crippen LogP contribution >= 0.6 is 15.9 Å². The fourth-order valence-electron chi connectivity index (χ4n) is 2.62. The molecule has 0 fully saturated rings. The standard InChI is InChI=1S/C17H24BrNO/c1-6-7-19-12(5)16-11(4)15-9-13(18)8-14(10(2)3)17(15)20-16/h8-10,12,19H,6-7H2,1-5H3. The molecule has 0 radical (unpaired) electrons. The van der Waals surface area contributed by atoms with Crippen LogP contribution in [0.5, 0.6) is 0 Å². The maximum atomic E-state index is 6.22. The summed E-state index contributed by atoms with van der Waals surface area (Å²) >= 11 is 3.62. The molecule has 1 atom stereocenters. The van der Waals surface area contributed by atoms with Gasteiger partial charge in [-0.05, 0) is 50.4 Å². The quantitative estimate of drug-likeness (QED) is 0.758. The predicted octanol–water partition coefficient (Wildman–Crippen LogP) is 5.69. The van der Waals surface area contributed by atoms with Gasteiger partial charge in [-0.25, -0.2) is 0 Å². The summed E-state index contributed by atoms with van der Waals surface area (Å²) in [5, 5.41) is 4.73. The number of rotatable bonds is 5. The van der Waals surface area contributed by atoms with Gasteiger partial charge in [0.1, 0.15) is 11.3 Å². The van der Waals surface area contributed by atoms with E-state index in [1.54, 1.807) is 0 Å². The van der Waals surface area contributed by atoms with Crippen LogP contribution in [0, 0.1) is 6.92 Å². The second kappa shape index (κ2) is 6.31. The molecule has 3 heteroatoms. The topological polar surface area (TPSA) is 25.2 Å². The lowest BCUT2D eigenvalue weighted by molar-refractivity contribution is 0.447. The van der Waals surface area contributed by atoms with Crippen molar-refractivity contribution in [1.82, 2.24) is 5.32 Å². The van der Waals surface area contributed by atoms with Crippen LogP contribution in [0.4, 0.5) is 0 Å². The molecule has 1 N–H and O–H groups in total. The van der Waals surface area contributed by atoms with Crippen LogP contribution in [0.2, 0.25) is 0 Å². The Bertz CT molecular complexity index is 601. The number of hydrogen-bond donors (Lipinski definition) is 1. The maximum absolute atomic E-state index is 6.22. The molecule has 20 heavy (non-hydrogen) atoms. The Hall–Kier alpha value is -0.800. The summed E-state index contributed by atoms with van der Waals surface area (Å²) < 4.78 is 7.35. The maximum Gasteiger partial charge on any atom is 0.138 e. The summed E-state index contributed by atoms with van der Waals surface area (Å²) in [6.45, 7) is 11.9. The molecule has 0 aliphatic heterocycles. The van der Waals surface area contributed by atoms with E-state index in [-0.39, 0.29) is 6.04 Å². The summed E-state index contributed by atoms with van der Waals surface area (Å²) in [6, 6.07) is 4.58. The van der Waals surface area contributed by atoms with Gasteiger partial charge >= 0.3 is 0 Å². The van der Waals surface area contributed by atoms with E-state index in [0.717, 1.165) is 28.8 Å². The van der Waals surface area contributed by atoms with Gasteiger partial charge in [-0.2, -0.15) is 0 Å². The first-order chi connectivity index (χ1) is 9.45. The molecule has 0 aliphatic carbocycles. The molecular weight excluding hydrogens is 314 g/mol. The normalized spacial score (nSPS) is 13.3. The zero-order chi connectivity index (χ0) is 14.9. The van der Waals surface area contributed by atoms with E-state index in [0.29, 0.717) is 5.92 Å². The van der Waals surface area contributed by atoms with Crippen molar-refractivity contribution < 1.29 is 4.42 Å². The van der Waals surface area contributed by atoms with Gasteiger partial charge in [-0.15, -0.1) is 0 Å². The third kappa shape index (κ3) is 2.94. The number of furan rings is 1. The summed E-state index contributed by atoms with van der Waals surface area (Å²) in [7, 11) is 0. The van der Waals surface area contributed by atoms with Crippen molar-refractivity contribution in [3.63, 3.8) is 0 Å². The summed E-state index contributed by atoms with van der Waals surface area (Å²) in [4.78, 5) is 0. The SMILES string of the molecule is CCCNC(C)c1oc2c(C(C)C)cc(Br)cc2c1C. The number of fused-ring (bicyclic) bond motifs is 1. The highest BCUT2D eigenvalue weighted by Gasteiger charge is 2.19. The molecule has 1 aromatic heterocycles. The highest BCUT2D eigenvalue weighted by molar-refractivity contribution is 9.10.